The average Bonchev–Trinajstić information content (AvgIpc) is 2.67. The molecule has 0 fully saturated rings. The summed E-state index contributed by atoms with van der Waals surface area (Å²) in [6.07, 6.45) is 1.72. The zero-order valence-electron chi connectivity index (χ0n) is 13.8. The Bertz CT molecular complexity index is 938. The molecule has 0 radical (unpaired) electrons. The second-order valence-corrected chi connectivity index (χ2v) is 5.54. The predicted octanol–water partition coefficient (Wildman–Crippen LogP) is 2.93. The van der Waals surface area contributed by atoms with E-state index in [4.69, 9.17) is 0 Å². The number of aromatic nitrogens is 4. The minimum absolute atomic E-state index is 0.329. The van der Waals surface area contributed by atoms with E-state index in [1.807, 2.05) is 61.3 Å². The van der Waals surface area contributed by atoms with Crippen LogP contribution in [0.1, 0.15) is 12.5 Å². The molecule has 0 aliphatic carbocycles. The molecule has 0 atom stereocenters. The lowest BCUT2D eigenvalue weighted by molar-refractivity contribution is 0.936. The van der Waals surface area contributed by atoms with E-state index >= 15 is 0 Å². The fraction of sp³-hybridized carbons (Fsp3) is 0.118. The van der Waals surface area contributed by atoms with Crippen LogP contribution in [0.3, 0.4) is 0 Å². The molecule has 2 N–H and O–H groups in total. The minimum atomic E-state index is 0.329. The molecular weight excluding hydrogens is 316 g/mol. The number of hydrogen-bond acceptors (Lipinski definition) is 8. The van der Waals surface area contributed by atoms with E-state index in [0.717, 1.165) is 22.8 Å². The van der Waals surface area contributed by atoms with Crippen molar-refractivity contribution in [3.8, 4) is 0 Å². The number of nitrogens with zero attached hydrogens (tertiary/aromatic N) is 6. The van der Waals surface area contributed by atoms with Gasteiger partial charge in [-0.25, -0.2) is 10.4 Å². The van der Waals surface area contributed by atoms with Crippen molar-refractivity contribution in [1.82, 2.24) is 20.2 Å². The molecule has 8 heteroatoms. The summed E-state index contributed by atoms with van der Waals surface area (Å²) >= 11 is 0. The molecule has 0 saturated heterocycles. The first kappa shape index (κ1) is 15.0. The highest BCUT2D eigenvalue weighted by Crippen LogP contribution is 2.38. The summed E-state index contributed by atoms with van der Waals surface area (Å²) in [7, 11) is 1.91. The third-order valence-corrected chi connectivity index (χ3v) is 3.89. The Morgan fingerprint density at radius 1 is 1.08 bits per heavy atom. The average molecular weight is 332 g/mol. The molecule has 1 aliphatic heterocycles. The van der Waals surface area contributed by atoms with Crippen molar-refractivity contribution in [1.29, 1.82) is 0 Å². The quantitative estimate of drug-likeness (QED) is 0.563. The van der Waals surface area contributed by atoms with Gasteiger partial charge in [-0.15, -0.1) is 10.2 Å². The molecule has 25 heavy (non-hydrogen) atoms. The molecule has 4 rings (SSSR count). The molecule has 124 valence electrons. The number of hydrazone groups is 1. The van der Waals surface area contributed by atoms with Crippen molar-refractivity contribution in [3.05, 3.63) is 54.2 Å². The Morgan fingerprint density at radius 2 is 1.92 bits per heavy atom. The van der Waals surface area contributed by atoms with Gasteiger partial charge < -0.3 is 10.2 Å². The lowest BCUT2D eigenvalue weighted by atomic mass is 10.1. The smallest absolute Gasteiger partial charge is 0.265 e. The highest BCUT2D eigenvalue weighted by atomic mass is 15.4. The largest absolute Gasteiger partial charge is 0.323 e. The molecule has 0 amide bonds. The van der Waals surface area contributed by atoms with Crippen molar-refractivity contribution in [2.45, 2.75) is 6.92 Å². The SMILES string of the molecule is CC(=NNc1nnc2c(n1)N(C)c1cccnc1N2)c1ccccc1. The van der Waals surface area contributed by atoms with Crippen LogP contribution in [0.4, 0.5) is 29.1 Å². The molecule has 0 spiro atoms. The van der Waals surface area contributed by atoms with Crippen LogP contribution >= 0.6 is 0 Å². The number of pyridine rings is 1. The Hall–Kier alpha value is -3.55. The maximum absolute atomic E-state index is 4.50. The maximum atomic E-state index is 4.50. The second-order valence-electron chi connectivity index (χ2n) is 5.54. The summed E-state index contributed by atoms with van der Waals surface area (Å²) in [6, 6.07) is 13.7. The van der Waals surface area contributed by atoms with Crippen LogP contribution in [-0.4, -0.2) is 32.9 Å². The van der Waals surface area contributed by atoms with Crippen molar-refractivity contribution < 1.29 is 0 Å². The van der Waals surface area contributed by atoms with E-state index in [1.165, 1.54) is 0 Å². The summed E-state index contributed by atoms with van der Waals surface area (Å²) in [5.74, 6) is 2.27. The molecular formula is C17H16N8. The minimum Gasteiger partial charge on any atom is -0.323 e. The highest BCUT2D eigenvalue weighted by molar-refractivity contribution is 5.99. The third-order valence-electron chi connectivity index (χ3n) is 3.89. The number of rotatable bonds is 3. The van der Waals surface area contributed by atoms with Gasteiger partial charge in [-0.05, 0) is 24.6 Å². The van der Waals surface area contributed by atoms with Crippen molar-refractivity contribution >= 4 is 34.8 Å². The van der Waals surface area contributed by atoms with Crippen LogP contribution in [0.2, 0.25) is 0 Å². The first-order valence-corrected chi connectivity index (χ1v) is 7.78. The first-order chi connectivity index (χ1) is 12.2. The van der Waals surface area contributed by atoms with Gasteiger partial charge in [0.25, 0.3) is 5.95 Å². The van der Waals surface area contributed by atoms with Gasteiger partial charge in [0.05, 0.1) is 11.4 Å². The second kappa shape index (κ2) is 6.16. The Morgan fingerprint density at radius 3 is 2.76 bits per heavy atom. The van der Waals surface area contributed by atoms with Crippen molar-refractivity contribution in [2.24, 2.45) is 5.10 Å². The monoisotopic (exact) mass is 332 g/mol. The van der Waals surface area contributed by atoms with Gasteiger partial charge in [0.1, 0.15) is 0 Å². The summed E-state index contributed by atoms with van der Waals surface area (Å²) in [5, 5.41) is 15.7. The summed E-state index contributed by atoms with van der Waals surface area (Å²) < 4.78 is 0. The van der Waals surface area contributed by atoms with Crippen LogP contribution in [-0.2, 0) is 0 Å². The number of benzene rings is 1. The zero-order valence-corrected chi connectivity index (χ0v) is 13.8. The van der Waals surface area contributed by atoms with Gasteiger partial charge in [0.2, 0.25) is 0 Å². The predicted molar refractivity (Wildman–Crippen MR) is 97.7 cm³/mol. The van der Waals surface area contributed by atoms with E-state index in [1.54, 1.807) is 6.20 Å². The zero-order chi connectivity index (χ0) is 17.2. The molecule has 2 aromatic heterocycles. The van der Waals surface area contributed by atoms with Gasteiger partial charge in [-0.2, -0.15) is 10.1 Å². The lowest BCUT2D eigenvalue weighted by Crippen LogP contribution is -2.21. The van der Waals surface area contributed by atoms with Gasteiger partial charge in [0, 0.05) is 13.2 Å². The highest BCUT2D eigenvalue weighted by Gasteiger charge is 2.23. The van der Waals surface area contributed by atoms with Gasteiger partial charge in [-0.3, -0.25) is 0 Å². The van der Waals surface area contributed by atoms with Gasteiger partial charge in [-0.1, -0.05) is 30.3 Å². The lowest BCUT2D eigenvalue weighted by Gasteiger charge is -2.27. The van der Waals surface area contributed by atoms with Crippen molar-refractivity contribution in [2.75, 3.05) is 22.7 Å². The van der Waals surface area contributed by atoms with E-state index < -0.39 is 0 Å². The normalized spacial score (nSPS) is 12.9. The van der Waals surface area contributed by atoms with Crippen LogP contribution < -0.4 is 15.6 Å². The summed E-state index contributed by atoms with van der Waals surface area (Å²) in [4.78, 5) is 10.7. The molecule has 1 aliphatic rings. The molecule has 3 heterocycles. The fourth-order valence-electron chi connectivity index (χ4n) is 2.55. The molecule has 0 saturated carbocycles. The Kier molecular flexibility index (Phi) is 3.70. The summed E-state index contributed by atoms with van der Waals surface area (Å²) in [6.45, 7) is 1.92. The molecule has 0 unspecified atom stereocenters. The van der Waals surface area contributed by atoms with Gasteiger partial charge >= 0.3 is 0 Å². The summed E-state index contributed by atoms with van der Waals surface area (Å²) in [5.41, 5.74) is 5.66. The van der Waals surface area contributed by atoms with E-state index in [0.29, 0.717) is 17.6 Å². The van der Waals surface area contributed by atoms with E-state index in [9.17, 15) is 0 Å². The van der Waals surface area contributed by atoms with Crippen LogP contribution in [0.25, 0.3) is 0 Å². The number of nitrogens with one attached hydrogen (secondary N) is 2. The number of anilines is 5. The number of fused-ring (bicyclic) bond motifs is 2. The van der Waals surface area contributed by atoms with Gasteiger partial charge in [0.15, 0.2) is 17.5 Å². The Labute approximate surface area is 144 Å². The fourth-order valence-corrected chi connectivity index (χ4v) is 2.55. The standard InChI is InChI=1S/C17H16N8/c1-11(12-7-4-3-5-8-12)21-23-17-20-16-15(22-24-17)19-14-13(25(16)2)9-6-10-18-14/h3-10H,1-2H3,(H,18,19,22)(H,20,23,24). The van der Waals surface area contributed by atoms with Crippen LogP contribution in [0, 0.1) is 0 Å². The molecule has 1 aromatic carbocycles. The molecule has 0 bridgehead atoms. The van der Waals surface area contributed by atoms with E-state index in [2.05, 4.69) is 36.0 Å². The maximum Gasteiger partial charge on any atom is 0.265 e. The molecule has 8 nitrogen and oxygen atoms in total. The Balaban J connectivity index is 1.59. The number of hydrogen-bond donors (Lipinski definition) is 2. The molecule has 3 aromatic rings. The van der Waals surface area contributed by atoms with Crippen molar-refractivity contribution in [3.63, 3.8) is 0 Å². The van der Waals surface area contributed by atoms with Crippen LogP contribution in [0.5, 0.6) is 0 Å². The first-order valence-electron chi connectivity index (χ1n) is 7.78. The van der Waals surface area contributed by atoms with Crippen LogP contribution in [0.15, 0.2) is 53.8 Å². The third kappa shape index (κ3) is 2.85. The van der Waals surface area contributed by atoms with E-state index in [-0.39, 0.29) is 0 Å². The topological polar surface area (TPSA) is 91.2 Å².